The quantitative estimate of drug-likeness (QED) is 0.806. The summed E-state index contributed by atoms with van der Waals surface area (Å²) < 4.78 is 0. The number of aromatic nitrogens is 3. The smallest absolute Gasteiger partial charge is 0.274 e. The SMILES string of the molecule is Cc1cnc(C(=O)N2CCc3ncc(Cl)cc3C2)cn1. The second-order valence-electron chi connectivity index (χ2n) is 4.78. The third kappa shape index (κ3) is 2.49. The highest BCUT2D eigenvalue weighted by molar-refractivity contribution is 6.30. The van der Waals surface area contributed by atoms with Crippen molar-refractivity contribution in [1.29, 1.82) is 0 Å². The third-order valence-corrected chi connectivity index (χ3v) is 3.50. The van der Waals surface area contributed by atoms with E-state index in [9.17, 15) is 4.79 Å². The van der Waals surface area contributed by atoms with Crippen molar-refractivity contribution in [2.45, 2.75) is 19.9 Å². The van der Waals surface area contributed by atoms with E-state index in [-0.39, 0.29) is 5.91 Å². The van der Waals surface area contributed by atoms with Crippen molar-refractivity contribution in [1.82, 2.24) is 19.9 Å². The number of fused-ring (bicyclic) bond motifs is 1. The minimum absolute atomic E-state index is 0.108. The molecule has 0 fully saturated rings. The van der Waals surface area contributed by atoms with Gasteiger partial charge >= 0.3 is 0 Å². The first kappa shape index (κ1) is 13.0. The number of hydrogen-bond acceptors (Lipinski definition) is 4. The molecule has 3 heterocycles. The van der Waals surface area contributed by atoms with E-state index in [1.165, 1.54) is 6.20 Å². The van der Waals surface area contributed by atoms with Crippen LogP contribution in [0.3, 0.4) is 0 Å². The number of carbonyl (C=O) groups is 1. The summed E-state index contributed by atoms with van der Waals surface area (Å²) in [7, 11) is 0. The summed E-state index contributed by atoms with van der Waals surface area (Å²) in [6.07, 6.45) is 5.49. The third-order valence-electron chi connectivity index (χ3n) is 3.29. The Kier molecular flexibility index (Phi) is 3.36. The zero-order valence-electron chi connectivity index (χ0n) is 11.0. The summed E-state index contributed by atoms with van der Waals surface area (Å²) in [6.45, 7) is 2.99. The molecule has 2 aromatic rings. The molecule has 1 aliphatic rings. The van der Waals surface area contributed by atoms with Crippen molar-refractivity contribution in [3.8, 4) is 0 Å². The Balaban J connectivity index is 1.82. The summed E-state index contributed by atoms with van der Waals surface area (Å²) in [6, 6.07) is 1.87. The highest BCUT2D eigenvalue weighted by Gasteiger charge is 2.23. The fourth-order valence-corrected chi connectivity index (χ4v) is 2.42. The van der Waals surface area contributed by atoms with E-state index in [1.54, 1.807) is 17.3 Å². The topological polar surface area (TPSA) is 59.0 Å². The average molecular weight is 289 g/mol. The molecule has 0 atom stereocenters. The van der Waals surface area contributed by atoms with Crippen LogP contribution in [0.5, 0.6) is 0 Å². The Labute approximate surface area is 121 Å². The molecule has 0 saturated carbocycles. The molecule has 5 nitrogen and oxygen atoms in total. The van der Waals surface area contributed by atoms with E-state index < -0.39 is 0 Å². The zero-order chi connectivity index (χ0) is 14.1. The average Bonchev–Trinajstić information content (AvgIpc) is 2.46. The van der Waals surface area contributed by atoms with Crippen LogP contribution in [-0.2, 0) is 13.0 Å². The first-order valence-electron chi connectivity index (χ1n) is 6.35. The lowest BCUT2D eigenvalue weighted by Crippen LogP contribution is -2.36. The summed E-state index contributed by atoms with van der Waals surface area (Å²) >= 11 is 5.95. The molecular weight excluding hydrogens is 276 g/mol. The fraction of sp³-hybridized carbons (Fsp3) is 0.286. The molecule has 102 valence electrons. The predicted molar refractivity (Wildman–Crippen MR) is 74.5 cm³/mol. The van der Waals surface area contributed by atoms with Gasteiger partial charge in [0.15, 0.2) is 0 Å². The van der Waals surface area contributed by atoms with Gasteiger partial charge in [0, 0.05) is 37.6 Å². The monoisotopic (exact) mass is 288 g/mol. The molecule has 1 amide bonds. The lowest BCUT2D eigenvalue weighted by molar-refractivity contribution is 0.0727. The van der Waals surface area contributed by atoms with Gasteiger partial charge < -0.3 is 4.90 Å². The molecule has 0 aliphatic carbocycles. The molecule has 0 spiro atoms. The number of carbonyl (C=O) groups excluding carboxylic acids is 1. The van der Waals surface area contributed by atoms with Crippen LogP contribution in [0.2, 0.25) is 5.02 Å². The van der Waals surface area contributed by atoms with Gasteiger partial charge in [-0.15, -0.1) is 0 Å². The maximum atomic E-state index is 12.4. The largest absolute Gasteiger partial charge is 0.332 e. The highest BCUT2D eigenvalue weighted by atomic mass is 35.5. The highest BCUT2D eigenvalue weighted by Crippen LogP contribution is 2.21. The maximum Gasteiger partial charge on any atom is 0.274 e. The van der Waals surface area contributed by atoms with E-state index in [1.807, 2.05) is 13.0 Å². The summed E-state index contributed by atoms with van der Waals surface area (Å²) in [4.78, 5) is 26.7. The van der Waals surface area contributed by atoms with Gasteiger partial charge in [-0.05, 0) is 18.6 Å². The Hall–Kier alpha value is -2.01. The Bertz CT molecular complexity index is 657. The van der Waals surface area contributed by atoms with E-state index >= 15 is 0 Å². The van der Waals surface area contributed by atoms with E-state index in [0.717, 1.165) is 23.4 Å². The number of pyridine rings is 1. The zero-order valence-corrected chi connectivity index (χ0v) is 11.8. The Morgan fingerprint density at radius 2 is 2.10 bits per heavy atom. The number of aryl methyl sites for hydroxylation is 1. The standard InChI is InChI=1S/C14H13ClN4O/c1-9-5-17-13(7-16-9)14(20)19-3-2-12-10(8-19)4-11(15)6-18-12/h4-7H,2-3,8H2,1H3. The van der Waals surface area contributed by atoms with Gasteiger partial charge in [-0.25, -0.2) is 4.98 Å². The van der Waals surface area contributed by atoms with Crippen LogP contribution in [0.1, 0.15) is 27.4 Å². The number of rotatable bonds is 1. The van der Waals surface area contributed by atoms with Crippen LogP contribution < -0.4 is 0 Å². The number of hydrogen-bond donors (Lipinski definition) is 0. The fourth-order valence-electron chi connectivity index (χ4n) is 2.24. The molecule has 0 aromatic carbocycles. The van der Waals surface area contributed by atoms with Gasteiger partial charge in [0.25, 0.3) is 5.91 Å². The second kappa shape index (κ2) is 5.17. The van der Waals surface area contributed by atoms with Crippen molar-refractivity contribution >= 4 is 17.5 Å². The summed E-state index contributed by atoms with van der Waals surface area (Å²) in [5.74, 6) is -0.108. The van der Waals surface area contributed by atoms with E-state index in [2.05, 4.69) is 15.0 Å². The van der Waals surface area contributed by atoms with Crippen LogP contribution in [0.25, 0.3) is 0 Å². The van der Waals surface area contributed by atoms with Gasteiger partial charge in [0.1, 0.15) is 5.69 Å². The molecule has 0 N–H and O–H groups in total. The predicted octanol–water partition coefficient (Wildman–Crippen LogP) is 2.03. The Morgan fingerprint density at radius 1 is 1.25 bits per heavy atom. The van der Waals surface area contributed by atoms with Gasteiger partial charge in [0.2, 0.25) is 0 Å². The molecule has 0 saturated heterocycles. The molecule has 3 rings (SSSR count). The lowest BCUT2D eigenvalue weighted by Gasteiger charge is -2.27. The first-order valence-corrected chi connectivity index (χ1v) is 6.72. The van der Waals surface area contributed by atoms with Crippen molar-refractivity contribution < 1.29 is 4.79 Å². The van der Waals surface area contributed by atoms with Gasteiger partial charge in [0.05, 0.1) is 16.9 Å². The first-order chi connectivity index (χ1) is 9.63. The van der Waals surface area contributed by atoms with Crippen LogP contribution in [0, 0.1) is 6.92 Å². The van der Waals surface area contributed by atoms with Crippen molar-refractivity contribution in [2.24, 2.45) is 0 Å². The number of amides is 1. The van der Waals surface area contributed by atoms with Crippen molar-refractivity contribution in [2.75, 3.05) is 6.54 Å². The molecule has 6 heteroatoms. The minimum atomic E-state index is -0.108. The summed E-state index contributed by atoms with van der Waals surface area (Å²) in [5, 5.41) is 0.591. The summed E-state index contributed by atoms with van der Waals surface area (Å²) in [5.41, 5.74) is 3.17. The van der Waals surface area contributed by atoms with Crippen molar-refractivity contribution in [3.63, 3.8) is 0 Å². The van der Waals surface area contributed by atoms with E-state index in [4.69, 9.17) is 11.6 Å². The van der Waals surface area contributed by atoms with Crippen LogP contribution in [0.4, 0.5) is 0 Å². The molecule has 1 aliphatic heterocycles. The van der Waals surface area contributed by atoms with Crippen molar-refractivity contribution in [3.05, 3.63) is 52.3 Å². The Morgan fingerprint density at radius 3 is 2.85 bits per heavy atom. The van der Waals surface area contributed by atoms with E-state index in [0.29, 0.717) is 23.8 Å². The van der Waals surface area contributed by atoms with Crippen LogP contribution in [-0.4, -0.2) is 32.3 Å². The minimum Gasteiger partial charge on any atom is -0.332 e. The van der Waals surface area contributed by atoms with Gasteiger partial charge in [-0.2, -0.15) is 0 Å². The van der Waals surface area contributed by atoms with Crippen LogP contribution in [0.15, 0.2) is 24.7 Å². The number of nitrogens with zero attached hydrogens (tertiary/aromatic N) is 4. The molecule has 20 heavy (non-hydrogen) atoms. The second-order valence-corrected chi connectivity index (χ2v) is 5.22. The molecule has 0 unspecified atom stereocenters. The van der Waals surface area contributed by atoms with Gasteiger partial charge in [-0.1, -0.05) is 11.6 Å². The maximum absolute atomic E-state index is 12.4. The normalized spacial score (nSPS) is 14.0. The lowest BCUT2D eigenvalue weighted by atomic mass is 10.1. The molecule has 0 bridgehead atoms. The molecular formula is C14H13ClN4O. The van der Waals surface area contributed by atoms with Gasteiger partial charge in [-0.3, -0.25) is 14.8 Å². The number of halogens is 1. The van der Waals surface area contributed by atoms with Crippen LogP contribution >= 0.6 is 11.6 Å². The molecule has 2 aromatic heterocycles. The molecule has 0 radical (unpaired) electrons.